The van der Waals surface area contributed by atoms with Crippen LogP contribution in [0.1, 0.15) is 38.4 Å². The average molecular weight is 627 g/mol. The number of halogens is 1. The van der Waals surface area contributed by atoms with Crippen molar-refractivity contribution in [3.63, 3.8) is 0 Å². The van der Waals surface area contributed by atoms with Crippen molar-refractivity contribution in [2.24, 2.45) is 5.73 Å². The summed E-state index contributed by atoms with van der Waals surface area (Å²) in [5.41, 5.74) is 12.5. The van der Waals surface area contributed by atoms with Gasteiger partial charge in [-0.25, -0.2) is 13.4 Å². The van der Waals surface area contributed by atoms with Crippen LogP contribution in [0.3, 0.4) is 0 Å². The Kier molecular flexibility index (Phi) is 10.5. The van der Waals surface area contributed by atoms with E-state index in [1.165, 1.54) is 15.6 Å². The van der Waals surface area contributed by atoms with Crippen molar-refractivity contribution in [3.8, 4) is 0 Å². The van der Waals surface area contributed by atoms with Crippen LogP contribution in [0.25, 0.3) is 0 Å². The molecule has 220 valence electrons. The van der Waals surface area contributed by atoms with Crippen molar-refractivity contribution < 1.29 is 18.0 Å². The second-order valence-electron chi connectivity index (χ2n) is 9.40. The molecule has 1 aliphatic heterocycles. The van der Waals surface area contributed by atoms with Gasteiger partial charge in [-0.3, -0.25) is 9.59 Å². The van der Waals surface area contributed by atoms with Crippen molar-refractivity contribution in [2.45, 2.75) is 29.6 Å². The van der Waals surface area contributed by atoms with Gasteiger partial charge in [0.05, 0.1) is 12.2 Å². The van der Waals surface area contributed by atoms with Gasteiger partial charge in [0.15, 0.2) is 0 Å². The van der Waals surface area contributed by atoms with Gasteiger partial charge in [-0.1, -0.05) is 29.8 Å². The number of hydrogen-bond acceptors (Lipinski definition) is 8. The number of carbonyl (C=O) groups is 2. The minimum Gasteiger partial charge on any atom is -0.396 e. The van der Waals surface area contributed by atoms with Crippen molar-refractivity contribution in [3.05, 3.63) is 106 Å². The van der Waals surface area contributed by atoms with Crippen LogP contribution in [0.2, 0.25) is 5.02 Å². The van der Waals surface area contributed by atoms with Crippen LogP contribution in [0.5, 0.6) is 0 Å². The van der Waals surface area contributed by atoms with Gasteiger partial charge in [-0.2, -0.15) is 4.31 Å². The third-order valence-electron chi connectivity index (χ3n) is 6.45. The number of anilines is 2. The summed E-state index contributed by atoms with van der Waals surface area (Å²) in [7, 11) is -3.58. The van der Waals surface area contributed by atoms with E-state index in [1.54, 1.807) is 79.0 Å². The molecular weight excluding hydrogens is 596 g/mol. The van der Waals surface area contributed by atoms with Gasteiger partial charge in [0.2, 0.25) is 5.91 Å². The lowest BCUT2D eigenvalue weighted by molar-refractivity contribution is 0.0950. The van der Waals surface area contributed by atoms with Crippen molar-refractivity contribution >= 4 is 56.3 Å². The first-order chi connectivity index (χ1) is 20.1. The lowest BCUT2D eigenvalue weighted by Gasteiger charge is -2.31. The first kappa shape index (κ1) is 31.0. The first-order valence-electron chi connectivity index (χ1n) is 13.1. The van der Waals surface area contributed by atoms with E-state index < -0.39 is 10.0 Å². The van der Waals surface area contributed by atoms with Crippen molar-refractivity contribution in [2.75, 3.05) is 24.1 Å². The molecule has 1 saturated heterocycles. The standard InChI is InChI=1S/C22H24ClN5O3S2.C7H7NO/c23-16-5-3-15(4-6-16)22(29)26-14-18-7-8-20(32-18)33(30,31)28-12-9-17(10-13-28)27-21-19(24)2-1-11-25-21;8-7(9)6-4-2-1-3-5-6/h1-8,11,17H,9-10,12-14,24H2,(H,25,27)(H,26,29);1-5H,(H2,8,9). The monoisotopic (exact) mass is 626 g/mol. The number of nitrogens with one attached hydrogen (secondary N) is 2. The quantitative estimate of drug-likeness (QED) is 0.226. The summed E-state index contributed by atoms with van der Waals surface area (Å²) in [5.74, 6) is 0.00513. The summed E-state index contributed by atoms with van der Waals surface area (Å²) in [4.78, 5) is 27.7. The molecule has 2 aromatic carbocycles. The van der Waals surface area contributed by atoms with Crippen LogP contribution >= 0.6 is 22.9 Å². The average Bonchev–Trinajstić information content (AvgIpc) is 3.49. The predicted molar refractivity (Wildman–Crippen MR) is 166 cm³/mol. The molecule has 0 atom stereocenters. The van der Waals surface area contributed by atoms with E-state index in [-0.39, 0.29) is 28.6 Å². The molecule has 0 aliphatic carbocycles. The topological polar surface area (TPSA) is 161 Å². The first-order valence-corrected chi connectivity index (χ1v) is 15.7. The molecule has 5 rings (SSSR count). The van der Waals surface area contributed by atoms with Crippen LogP contribution in [0.15, 0.2) is 89.3 Å². The van der Waals surface area contributed by atoms with E-state index in [9.17, 15) is 18.0 Å². The SMILES string of the molecule is NC(=O)c1ccccc1.Nc1cccnc1NC1CCN(S(=O)(=O)c2ccc(CNC(=O)c3ccc(Cl)cc3)s2)CC1. The van der Waals surface area contributed by atoms with E-state index in [0.29, 0.717) is 53.6 Å². The Hall–Kier alpha value is -3.97. The predicted octanol–water partition coefficient (Wildman–Crippen LogP) is 4.36. The molecule has 42 heavy (non-hydrogen) atoms. The van der Waals surface area contributed by atoms with Crippen LogP contribution in [-0.4, -0.2) is 48.7 Å². The molecule has 0 bridgehead atoms. The Balaban J connectivity index is 0.000000385. The Morgan fingerprint density at radius 2 is 1.64 bits per heavy atom. The molecule has 6 N–H and O–H groups in total. The van der Waals surface area contributed by atoms with Gasteiger partial charge < -0.3 is 22.1 Å². The fourth-order valence-electron chi connectivity index (χ4n) is 4.16. The molecule has 2 aromatic heterocycles. The Morgan fingerprint density at radius 3 is 2.26 bits per heavy atom. The lowest BCUT2D eigenvalue weighted by atomic mass is 10.1. The molecule has 0 spiro atoms. The van der Waals surface area contributed by atoms with Crippen LogP contribution in [0, 0.1) is 0 Å². The molecule has 4 aromatic rings. The van der Waals surface area contributed by atoms with Gasteiger partial charge in [0.25, 0.3) is 15.9 Å². The number of pyridine rings is 1. The van der Waals surface area contributed by atoms with Crippen LogP contribution < -0.4 is 22.1 Å². The third kappa shape index (κ3) is 8.29. The highest BCUT2D eigenvalue weighted by molar-refractivity contribution is 7.91. The van der Waals surface area contributed by atoms with E-state index >= 15 is 0 Å². The number of rotatable bonds is 8. The van der Waals surface area contributed by atoms with Gasteiger partial charge in [-0.15, -0.1) is 11.3 Å². The molecule has 1 aliphatic rings. The Bertz CT molecular complexity index is 1610. The summed E-state index contributed by atoms with van der Waals surface area (Å²) in [5, 5.41) is 6.67. The minimum atomic E-state index is -3.58. The molecular formula is C29H31ClN6O4S2. The summed E-state index contributed by atoms with van der Waals surface area (Å²) in [6, 6.07) is 22.3. The summed E-state index contributed by atoms with van der Waals surface area (Å²) in [6.07, 6.45) is 2.99. The zero-order chi connectivity index (χ0) is 30.1. The number of nitrogen functional groups attached to an aromatic ring is 1. The lowest BCUT2D eigenvalue weighted by Crippen LogP contribution is -2.42. The summed E-state index contributed by atoms with van der Waals surface area (Å²) >= 11 is 7.02. The fraction of sp³-hybridized carbons (Fsp3) is 0.207. The normalized spacial score (nSPS) is 13.9. The summed E-state index contributed by atoms with van der Waals surface area (Å²) < 4.78 is 28.0. The number of nitrogens with two attached hydrogens (primary N) is 2. The second kappa shape index (κ2) is 14.3. The molecule has 1 fully saturated rings. The number of piperidine rings is 1. The van der Waals surface area contributed by atoms with Gasteiger partial charge >= 0.3 is 0 Å². The van der Waals surface area contributed by atoms with E-state index in [0.717, 1.165) is 4.88 Å². The van der Waals surface area contributed by atoms with Gasteiger partial charge in [-0.05, 0) is 73.5 Å². The second-order valence-corrected chi connectivity index (χ2v) is 13.2. The number of sulfonamides is 1. The molecule has 10 nitrogen and oxygen atoms in total. The highest BCUT2D eigenvalue weighted by atomic mass is 35.5. The number of benzene rings is 2. The molecule has 0 saturated carbocycles. The smallest absolute Gasteiger partial charge is 0.252 e. The highest BCUT2D eigenvalue weighted by Gasteiger charge is 2.30. The molecule has 0 radical (unpaired) electrons. The van der Waals surface area contributed by atoms with Gasteiger partial charge in [0.1, 0.15) is 10.0 Å². The molecule has 13 heteroatoms. The number of amides is 2. The fourth-order valence-corrected chi connectivity index (χ4v) is 7.21. The Labute approximate surface area is 253 Å². The molecule has 0 unspecified atom stereocenters. The Morgan fingerprint density at radius 1 is 0.952 bits per heavy atom. The van der Waals surface area contributed by atoms with E-state index in [1.807, 2.05) is 6.07 Å². The number of nitrogens with zero attached hydrogens (tertiary/aromatic N) is 2. The van der Waals surface area contributed by atoms with Crippen molar-refractivity contribution in [1.29, 1.82) is 0 Å². The number of hydrogen-bond donors (Lipinski definition) is 4. The maximum Gasteiger partial charge on any atom is 0.252 e. The number of carbonyl (C=O) groups excluding carboxylic acids is 2. The van der Waals surface area contributed by atoms with Crippen LogP contribution in [-0.2, 0) is 16.6 Å². The van der Waals surface area contributed by atoms with E-state index in [2.05, 4.69) is 15.6 Å². The van der Waals surface area contributed by atoms with E-state index in [4.69, 9.17) is 23.1 Å². The van der Waals surface area contributed by atoms with Crippen molar-refractivity contribution in [1.82, 2.24) is 14.6 Å². The summed E-state index contributed by atoms with van der Waals surface area (Å²) in [6.45, 7) is 1.07. The highest BCUT2D eigenvalue weighted by Crippen LogP contribution is 2.28. The number of thiophene rings is 1. The van der Waals surface area contributed by atoms with Gasteiger partial charge in [0, 0.05) is 46.4 Å². The number of primary amides is 1. The molecule has 3 heterocycles. The third-order valence-corrected chi connectivity index (χ3v) is 10.2. The molecule has 2 amide bonds. The zero-order valence-corrected chi connectivity index (χ0v) is 25.0. The maximum atomic E-state index is 13.1. The maximum absolute atomic E-state index is 13.1. The zero-order valence-electron chi connectivity index (χ0n) is 22.6. The van der Waals surface area contributed by atoms with Crippen LogP contribution in [0.4, 0.5) is 11.5 Å². The number of aromatic nitrogens is 1. The minimum absolute atomic E-state index is 0.107. The largest absolute Gasteiger partial charge is 0.396 e.